The summed E-state index contributed by atoms with van der Waals surface area (Å²) in [7, 11) is 0. The zero-order valence-electron chi connectivity index (χ0n) is 24.1. The standard InChI is InChI=1S/C28H37ClO12/c1-11-18(36-14(4)30)9-19(37-15(5)31)26(8)20(38-16(6)32)10-27(35)12(2)22(29)24-28(41-27,13(3)25(34)40-24)23(21(11)26)39-17(7)33/h11,13,18-24,35H,2,9-10H2,1,3-8H3/t11-,13?,18+,19-,20-,21+,22-,23+,24-,26+,27-,28?/m0/s1. The number of esters is 5. The SMILES string of the molecule is C=C1[C@H](Cl)[C@@H]2OC(=O)C(C)C23O[C@@]1(O)C[C@H](OC(C)=O)[C@]1(C)[C@H]([C@@H](C)[C@H](OC(C)=O)C[C@@H]1OC(C)=O)[C@H]3OC(C)=O. The van der Waals surface area contributed by atoms with Crippen molar-refractivity contribution >= 4 is 41.4 Å². The summed E-state index contributed by atoms with van der Waals surface area (Å²) in [6.45, 7) is 13.7. The quantitative estimate of drug-likeness (QED) is 0.216. The Labute approximate surface area is 242 Å². The van der Waals surface area contributed by atoms with Crippen LogP contribution in [0.2, 0.25) is 0 Å². The second-order valence-electron chi connectivity index (χ2n) is 11.8. The van der Waals surface area contributed by atoms with Crippen LogP contribution in [0.1, 0.15) is 61.3 Å². The van der Waals surface area contributed by atoms with E-state index in [0.29, 0.717) is 0 Å². The van der Waals surface area contributed by atoms with Gasteiger partial charge in [0.2, 0.25) is 0 Å². The molecule has 2 unspecified atom stereocenters. The number of fused-ring (bicyclic) bond motifs is 2. The molecule has 0 aromatic carbocycles. The fourth-order valence-corrected chi connectivity index (χ4v) is 7.92. The maximum atomic E-state index is 13.2. The molecule has 0 aromatic rings. The first kappa shape index (κ1) is 31.2. The highest BCUT2D eigenvalue weighted by Crippen LogP contribution is 2.63. The van der Waals surface area contributed by atoms with Crippen molar-refractivity contribution in [2.24, 2.45) is 23.2 Å². The van der Waals surface area contributed by atoms with Crippen LogP contribution < -0.4 is 0 Å². The Morgan fingerprint density at radius 2 is 1.49 bits per heavy atom. The Kier molecular flexibility index (Phi) is 8.03. The second-order valence-corrected chi connectivity index (χ2v) is 12.3. The van der Waals surface area contributed by atoms with Crippen molar-refractivity contribution in [2.75, 3.05) is 0 Å². The fraction of sp³-hybridized carbons (Fsp3) is 0.750. The highest BCUT2D eigenvalue weighted by Gasteiger charge is 2.77. The third-order valence-electron chi connectivity index (χ3n) is 9.33. The van der Waals surface area contributed by atoms with E-state index in [1.165, 1.54) is 34.6 Å². The first-order valence-electron chi connectivity index (χ1n) is 13.5. The molecular formula is C28H37ClO12. The summed E-state index contributed by atoms with van der Waals surface area (Å²) >= 11 is 6.80. The molecule has 4 rings (SSSR count). The zero-order valence-corrected chi connectivity index (χ0v) is 24.9. The van der Waals surface area contributed by atoms with Crippen LogP contribution in [-0.2, 0) is 52.4 Å². The molecule has 4 aliphatic rings. The van der Waals surface area contributed by atoms with Crippen molar-refractivity contribution in [3.05, 3.63) is 12.2 Å². The molecule has 3 heterocycles. The minimum atomic E-state index is -2.28. The molecule has 12 atom stereocenters. The Morgan fingerprint density at radius 1 is 0.951 bits per heavy atom. The van der Waals surface area contributed by atoms with E-state index in [9.17, 15) is 29.1 Å². The van der Waals surface area contributed by atoms with Gasteiger partial charge in [-0.1, -0.05) is 20.4 Å². The number of hydrogen-bond acceptors (Lipinski definition) is 12. The van der Waals surface area contributed by atoms with Crippen molar-refractivity contribution in [3.63, 3.8) is 0 Å². The van der Waals surface area contributed by atoms with Crippen LogP contribution in [0, 0.1) is 23.2 Å². The van der Waals surface area contributed by atoms with Gasteiger partial charge >= 0.3 is 29.8 Å². The third kappa shape index (κ3) is 4.81. The monoisotopic (exact) mass is 600 g/mol. The zero-order chi connectivity index (χ0) is 30.8. The van der Waals surface area contributed by atoms with Gasteiger partial charge in [0.25, 0.3) is 0 Å². The minimum Gasteiger partial charge on any atom is -0.462 e. The number of alkyl halides is 1. The van der Waals surface area contributed by atoms with E-state index in [2.05, 4.69) is 6.58 Å². The van der Waals surface area contributed by atoms with Crippen molar-refractivity contribution in [3.8, 4) is 0 Å². The number of halogens is 1. The maximum absolute atomic E-state index is 13.2. The average molecular weight is 601 g/mol. The first-order chi connectivity index (χ1) is 18.9. The lowest BCUT2D eigenvalue weighted by atomic mass is 9.51. The molecule has 12 nitrogen and oxygen atoms in total. The maximum Gasteiger partial charge on any atom is 0.312 e. The van der Waals surface area contributed by atoms with E-state index in [0.717, 1.165) is 0 Å². The molecule has 228 valence electrons. The van der Waals surface area contributed by atoms with Crippen LogP contribution in [-0.4, -0.2) is 82.2 Å². The summed E-state index contributed by atoms with van der Waals surface area (Å²) in [5, 5.41) is 10.9. The van der Waals surface area contributed by atoms with Gasteiger partial charge in [0.05, 0.1) is 11.3 Å². The summed E-state index contributed by atoms with van der Waals surface area (Å²) < 4.78 is 35.4. The Morgan fingerprint density at radius 3 is 2.02 bits per heavy atom. The fourth-order valence-electron chi connectivity index (χ4n) is 7.50. The van der Waals surface area contributed by atoms with Crippen LogP contribution >= 0.6 is 11.6 Å². The molecule has 0 radical (unpaired) electrons. The summed E-state index contributed by atoms with van der Waals surface area (Å²) in [5.74, 6) is -8.42. The van der Waals surface area contributed by atoms with Crippen LogP contribution in [0.3, 0.4) is 0 Å². The number of aliphatic hydroxyl groups is 1. The van der Waals surface area contributed by atoms with Crippen LogP contribution in [0.25, 0.3) is 0 Å². The van der Waals surface area contributed by atoms with Crippen LogP contribution in [0.15, 0.2) is 12.2 Å². The summed E-state index contributed by atoms with van der Waals surface area (Å²) in [5.41, 5.74) is -3.30. The second kappa shape index (κ2) is 10.5. The van der Waals surface area contributed by atoms with Gasteiger partial charge in [-0.15, -0.1) is 11.6 Å². The van der Waals surface area contributed by atoms with E-state index in [-0.39, 0.29) is 12.0 Å². The molecule has 3 saturated heterocycles. The van der Waals surface area contributed by atoms with Gasteiger partial charge in [-0.2, -0.15) is 0 Å². The van der Waals surface area contributed by atoms with Crippen LogP contribution in [0.4, 0.5) is 0 Å². The smallest absolute Gasteiger partial charge is 0.312 e. The Hall–Kier alpha value is -2.70. The molecule has 4 fully saturated rings. The molecular weight excluding hydrogens is 564 g/mol. The van der Waals surface area contributed by atoms with Crippen molar-refractivity contribution in [2.45, 2.75) is 109 Å². The molecule has 0 aromatic heterocycles. The summed E-state index contributed by atoms with van der Waals surface area (Å²) in [4.78, 5) is 63.0. The average Bonchev–Trinajstić information content (AvgIpc) is 3.09. The summed E-state index contributed by atoms with van der Waals surface area (Å²) in [6, 6.07) is 0. The van der Waals surface area contributed by atoms with Crippen molar-refractivity contribution in [1.29, 1.82) is 0 Å². The molecule has 1 spiro atoms. The lowest BCUT2D eigenvalue weighted by molar-refractivity contribution is -0.355. The molecule has 13 heteroatoms. The highest BCUT2D eigenvalue weighted by molar-refractivity contribution is 6.23. The third-order valence-corrected chi connectivity index (χ3v) is 9.82. The topological polar surface area (TPSA) is 161 Å². The minimum absolute atomic E-state index is 0.0116. The van der Waals surface area contributed by atoms with E-state index in [1.54, 1.807) is 13.8 Å². The van der Waals surface area contributed by atoms with Gasteiger partial charge in [-0.25, -0.2) is 0 Å². The largest absolute Gasteiger partial charge is 0.462 e. The normalized spacial score (nSPS) is 45.1. The van der Waals surface area contributed by atoms with Gasteiger partial charge in [-0.05, 0) is 6.92 Å². The molecule has 1 saturated carbocycles. The molecule has 41 heavy (non-hydrogen) atoms. The van der Waals surface area contributed by atoms with Crippen molar-refractivity contribution < 1.29 is 57.5 Å². The number of carbonyl (C=O) groups is 5. The van der Waals surface area contributed by atoms with Gasteiger partial charge in [0.15, 0.2) is 17.5 Å². The highest BCUT2D eigenvalue weighted by atomic mass is 35.5. The Balaban J connectivity index is 2.08. The van der Waals surface area contributed by atoms with Gasteiger partial charge < -0.3 is 33.5 Å². The lowest BCUT2D eigenvalue weighted by Crippen LogP contribution is -2.76. The number of hydrogen-bond donors (Lipinski definition) is 1. The molecule has 1 aliphatic carbocycles. The van der Waals surface area contributed by atoms with Crippen molar-refractivity contribution in [1.82, 2.24) is 0 Å². The molecule has 2 bridgehead atoms. The predicted octanol–water partition coefficient (Wildman–Crippen LogP) is 1.96. The molecule has 1 N–H and O–H groups in total. The van der Waals surface area contributed by atoms with E-state index in [4.69, 9.17) is 40.0 Å². The number of ether oxygens (including phenoxy) is 6. The predicted molar refractivity (Wildman–Crippen MR) is 139 cm³/mol. The lowest BCUT2D eigenvalue weighted by Gasteiger charge is -2.63. The summed E-state index contributed by atoms with van der Waals surface area (Å²) in [6.07, 6.45) is -6.18. The van der Waals surface area contributed by atoms with E-state index >= 15 is 0 Å². The van der Waals surface area contributed by atoms with Gasteiger partial charge in [0.1, 0.15) is 24.4 Å². The van der Waals surface area contributed by atoms with Gasteiger partial charge in [0, 0.05) is 63.4 Å². The van der Waals surface area contributed by atoms with E-state index in [1.807, 2.05) is 0 Å². The van der Waals surface area contributed by atoms with Crippen LogP contribution in [0.5, 0.6) is 0 Å². The number of rotatable bonds is 4. The molecule has 0 amide bonds. The number of carbonyl (C=O) groups excluding carboxylic acids is 5. The van der Waals surface area contributed by atoms with E-state index < -0.39 is 107 Å². The molecule has 3 aliphatic heterocycles. The Bertz CT molecular complexity index is 1170. The first-order valence-corrected chi connectivity index (χ1v) is 14.0. The van der Waals surface area contributed by atoms with Gasteiger partial charge in [-0.3, -0.25) is 24.0 Å².